The highest BCUT2D eigenvalue weighted by Gasteiger charge is 2.44. The summed E-state index contributed by atoms with van der Waals surface area (Å²) in [4.78, 5) is 52.5. The molecule has 8 heteroatoms. The second-order valence-electron chi connectivity index (χ2n) is 8.47. The molecular weight excluding hydrogens is 398 g/mol. The molecule has 0 aliphatic carbocycles. The molecule has 3 heterocycles. The van der Waals surface area contributed by atoms with Crippen molar-refractivity contribution in [2.75, 3.05) is 26.2 Å². The lowest BCUT2D eigenvalue weighted by Gasteiger charge is -2.27. The lowest BCUT2D eigenvalue weighted by Crippen LogP contribution is -2.54. The minimum absolute atomic E-state index is 0.107. The minimum Gasteiger partial charge on any atom is -0.494 e. The van der Waals surface area contributed by atoms with Crippen molar-refractivity contribution in [3.63, 3.8) is 0 Å². The molecule has 4 rings (SSSR count). The van der Waals surface area contributed by atoms with Gasteiger partial charge in [0.2, 0.25) is 11.8 Å². The molecule has 1 aromatic rings. The van der Waals surface area contributed by atoms with Crippen LogP contribution < -0.4 is 10.1 Å². The molecule has 0 aromatic heterocycles. The van der Waals surface area contributed by atoms with Gasteiger partial charge in [-0.2, -0.15) is 0 Å². The molecule has 3 aliphatic rings. The lowest BCUT2D eigenvalue weighted by molar-refractivity contribution is -0.136. The van der Waals surface area contributed by atoms with Crippen molar-refractivity contribution < 1.29 is 23.9 Å². The van der Waals surface area contributed by atoms with E-state index in [1.807, 2.05) is 0 Å². The second kappa shape index (κ2) is 9.60. The Hall–Kier alpha value is -2.74. The number of likely N-dealkylation sites (tertiary alicyclic amines) is 1. The smallest absolute Gasteiger partial charge is 0.262 e. The van der Waals surface area contributed by atoms with Crippen LogP contribution in [0.25, 0.3) is 0 Å². The Morgan fingerprint density at radius 1 is 0.935 bits per heavy atom. The number of hydrogen-bond acceptors (Lipinski definition) is 6. The quantitative estimate of drug-likeness (QED) is 0.504. The molecule has 3 aliphatic heterocycles. The van der Waals surface area contributed by atoms with E-state index in [0.29, 0.717) is 12.4 Å². The summed E-state index contributed by atoms with van der Waals surface area (Å²) in [5.41, 5.74) is 0.515. The van der Waals surface area contributed by atoms with Gasteiger partial charge >= 0.3 is 0 Å². The number of nitrogens with one attached hydrogen (secondary N) is 1. The minimum atomic E-state index is -0.950. The fourth-order valence-electron chi connectivity index (χ4n) is 4.53. The molecule has 8 nitrogen and oxygen atoms in total. The van der Waals surface area contributed by atoms with Gasteiger partial charge in [-0.15, -0.1) is 0 Å². The number of carbonyl (C=O) groups is 4. The standard InChI is InChI=1S/C23H29N3O5/c27-20-10-9-19(21(28)24-20)26-22(29)17-8-7-16(15-18(17)23(26)30)31-14-6-2-5-13-25-11-3-1-4-12-25/h7-8,15,19H,1-6,9-14H2,(H,24,27,28). The van der Waals surface area contributed by atoms with Crippen LogP contribution in [0.15, 0.2) is 18.2 Å². The van der Waals surface area contributed by atoms with Crippen LogP contribution in [-0.2, 0) is 9.59 Å². The Bertz CT molecular complexity index is 878. The summed E-state index contributed by atoms with van der Waals surface area (Å²) in [7, 11) is 0. The first kappa shape index (κ1) is 21.5. The Balaban J connectivity index is 1.28. The van der Waals surface area contributed by atoms with Crippen LogP contribution in [-0.4, -0.2) is 65.7 Å². The van der Waals surface area contributed by atoms with Crippen LogP contribution in [0, 0.1) is 0 Å². The maximum atomic E-state index is 12.8. The van der Waals surface area contributed by atoms with Crippen molar-refractivity contribution in [2.24, 2.45) is 0 Å². The zero-order valence-corrected chi connectivity index (χ0v) is 17.7. The molecule has 4 amide bonds. The first-order chi connectivity index (χ1) is 15.0. The van der Waals surface area contributed by atoms with Gasteiger partial charge in [-0.1, -0.05) is 6.42 Å². The van der Waals surface area contributed by atoms with Crippen molar-refractivity contribution >= 4 is 23.6 Å². The van der Waals surface area contributed by atoms with E-state index in [1.165, 1.54) is 32.4 Å². The molecule has 0 radical (unpaired) electrons. The maximum Gasteiger partial charge on any atom is 0.262 e. The number of imide groups is 2. The molecule has 0 saturated carbocycles. The van der Waals surface area contributed by atoms with Gasteiger partial charge < -0.3 is 9.64 Å². The van der Waals surface area contributed by atoms with Crippen LogP contribution in [0.5, 0.6) is 5.75 Å². The molecule has 2 saturated heterocycles. The highest BCUT2D eigenvalue weighted by atomic mass is 16.5. The number of unbranched alkanes of at least 4 members (excludes halogenated alkanes) is 2. The van der Waals surface area contributed by atoms with E-state index in [-0.39, 0.29) is 29.9 Å². The van der Waals surface area contributed by atoms with E-state index in [4.69, 9.17) is 4.74 Å². The number of fused-ring (bicyclic) bond motifs is 1. The summed E-state index contributed by atoms with van der Waals surface area (Å²) in [6.45, 7) is 4.13. The number of ether oxygens (including phenoxy) is 1. The Morgan fingerprint density at radius 2 is 1.71 bits per heavy atom. The van der Waals surface area contributed by atoms with Gasteiger partial charge in [0.05, 0.1) is 17.7 Å². The molecule has 1 aromatic carbocycles. The number of piperidine rings is 2. The normalized spacial score (nSPS) is 21.9. The molecule has 0 spiro atoms. The molecule has 1 unspecified atom stereocenters. The van der Waals surface area contributed by atoms with Crippen LogP contribution >= 0.6 is 0 Å². The predicted molar refractivity (Wildman–Crippen MR) is 113 cm³/mol. The molecule has 166 valence electrons. The zero-order valence-electron chi connectivity index (χ0n) is 17.7. The number of benzene rings is 1. The van der Waals surface area contributed by atoms with Gasteiger partial charge in [-0.3, -0.25) is 29.4 Å². The SMILES string of the molecule is O=C1CCC(N2C(=O)c3ccc(OCCCCCN4CCCCC4)cc3C2=O)C(=O)N1. The fourth-order valence-corrected chi connectivity index (χ4v) is 4.53. The molecule has 31 heavy (non-hydrogen) atoms. The zero-order chi connectivity index (χ0) is 21.8. The number of nitrogens with zero attached hydrogens (tertiary/aromatic N) is 2. The Labute approximate surface area is 181 Å². The fraction of sp³-hybridized carbons (Fsp3) is 0.565. The van der Waals surface area contributed by atoms with E-state index in [9.17, 15) is 19.2 Å². The summed E-state index contributed by atoms with van der Waals surface area (Å²) < 4.78 is 5.80. The molecule has 1 N–H and O–H groups in total. The summed E-state index contributed by atoms with van der Waals surface area (Å²) >= 11 is 0. The van der Waals surface area contributed by atoms with Crippen molar-refractivity contribution in [2.45, 2.75) is 57.4 Å². The largest absolute Gasteiger partial charge is 0.494 e. The summed E-state index contributed by atoms with van der Waals surface area (Å²) in [5, 5.41) is 2.20. The average molecular weight is 428 g/mol. The lowest BCUT2D eigenvalue weighted by atomic mass is 10.0. The molecule has 1 atom stereocenters. The number of amides is 4. The number of carbonyl (C=O) groups excluding carboxylic acids is 4. The first-order valence-electron chi connectivity index (χ1n) is 11.3. The van der Waals surface area contributed by atoms with Gasteiger partial charge in [-0.05, 0) is 76.4 Å². The van der Waals surface area contributed by atoms with Crippen molar-refractivity contribution in [1.29, 1.82) is 0 Å². The highest BCUT2D eigenvalue weighted by molar-refractivity contribution is 6.23. The monoisotopic (exact) mass is 427 g/mol. The molecule has 2 fully saturated rings. The average Bonchev–Trinajstić information content (AvgIpc) is 3.01. The summed E-state index contributed by atoms with van der Waals surface area (Å²) in [6, 6.07) is 3.89. The summed E-state index contributed by atoms with van der Waals surface area (Å²) in [5.74, 6) is -1.46. The summed E-state index contributed by atoms with van der Waals surface area (Å²) in [6.07, 6.45) is 7.40. The van der Waals surface area contributed by atoms with Gasteiger partial charge in [0.15, 0.2) is 0 Å². The van der Waals surface area contributed by atoms with Crippen molar-refractivity contribution in [3.8, 4) is 5.75 Å². The third-order valence-electron chi connectivity index (χ3n) is 6.25. The van der Waals surface area contributed by atoms with E-state index in [2.05, 4.69) is 10.2 Å². The second-order valence-corrected chi connectivity index (χ2v) is 8.47. The van der Waals surface area contributed by atoms with Crippen LogP contribution in [0.1, 0.15) is 72.1 Å². The Morgan fingerprint density at radius 3 is 2.48 bits per heavy atom. The predicted octanol–water partition coefficient (Wildman–Crippen LogP) is 2.12. The van der Waals surface area contributed by atoms with Crippen LogP contribution in [0.2, 0.25) is 0 Å². The third-order valence-corrected chi connectivity index (χ3v) is 6.25. The molecular formula is C23H29N3O5. The van der Waals surface area contributed by atoms with Crippen molar-refractivity contribution in [3.05, 3.63) is 29.3 Å². The van der Waals surface area contributed by atoms with Crippen LogP contribution in [0.4, 0.5) is 0 Å². The van der Waals surface area contributed by atoms with E-state index in [1.54, 1.807) is 18.2 Å². The van der Waals surface area contributed by atoms with Crippen LogP contribution in [0.3, 0.4) is 0 Å². The maximum absolute atomic E-state index is 12.8. The topological polar surface area (TPSA) is 96.0 Å². The molecule has 0 bridgehead atoms. The number of hydrogen-bond donors (Lipinski definition) is 1. The Kier molecular flexibility index (Phi) is 6.65. The van der Waals surface area contributed by atoms with E-state index >= 15 is 0 Å². The third kappa shape index (κ3) is 4.79. The highest BCUT2D eigenvalue weighted by Crippen LogP contribution is 2.30. The van der Waals surface area contributed by atoms with Gasteiger partial charge in [0.1, 0.15) is 11.8 Å². The van der Waals surface area contributed by atoms with Gasteiger partial charge in [0, 0.05) is 6.42 Å². The van der Waals surface area contributed by atoms with Crippen molar-refractivity contribution in [1.82, 2.24) is 15.1 Å². The van der Waals surface area contributed by atoms with E-state index < -0.39 is 23.8 Å². The van der Waals surface area contributed by atoms with Gasteiger partial charge in [0.25, 0.3) is 11.8 Å². The number of rotatable bonds is 8. The van der Waals surface area contributed by atoms with Gasteiger partial charge in [-0.25, -0.2) is 0 Å². The van der Waals surface area contributed by atoms with E-state index in [0.717, 1.165) is 30.7 Å². The first-order valence-corrected chi connectivity index (χ1v) is 11.3.